The number of nitrogens with zero attached hydrogens (tertiary/aromatic N) is 1. The Hall–Kier alpha value is -2.99. The molecule has 0 N–H and O–H groups in total. The van der Waals surface area contributed by atoms with Gasteiger partial charge in [-0.05, 0) is 41.0 Å². The first-order chi connectivity index (χ1) is 11.2. The van der Waals surface area contributed by atoms with E-state index in [0.717, 1.165) is 5.56 Å². The largest absolute Gasteiger partial charge is 0.207 e. The first-order valence-corrected chi connectivity index (χ1v) is 7.15. The quantitative estimate of drug-likeness (QED) is 0.636. The first kappa shape index (κ1) is 14.9. The maximum Gasteiger partial charge on any atom is 0.132 e. The maximum absolute atomic E-state index is 13.3. The Labute approximate surface area is 133 Å². The Morgan fingerprint density at radius 3 is 1.39 bits per heavy atom. The molecule has 0 amide bonds. The molecular weight excluding hydrogens is 292 g/mol. The van der Waals surface area contributed by atoms with Crippen LogP contribution in [-0.4, -0.2) is 0 Å². The molecule has 3 aromatic carbocycles. The number of hydrogen-bond acceptors (Lipinski definition) is 1. The fraction of sp³-hybridized carbons (Fsp3) is 0.0500. The molecule has 3 heteroatoms. The third-order valence-corrected chi connectivity index (χ3v) is 3.93. The van der Waals surface area contributed by atoms with Gasteiger partial charge in [-0.1, -0.05) is 54.6 Å². The number of benzene rings is 3. The normalized spacial score (nSPS) is 11.0. The molecule has 0 aromatic heterocycles. The van der Waals surface area contributed by atoms with E-state index in [1.165, 1.54) is 24.3 Å². The van der Waals surface area contributed by atoms with Gasteiger partial charge in [0.15, 0.2) is 0 Å². The Bertz CT molecular complexity index is 786. The van der Waals surface area contributed by atoms with E-state index in [1.54, 1.807) is 24.3 Å². The van der Waals surface area contributed by atoms with Gasteiger partial charge >= 0.3 is 0 Å². The third-order valence-electron chi connectivity index (χ3n) is 3.93. The van der Waals surface area contributed by atoms with Crippen molar-refractivity contribution in [3.63, 3.8) is 0 Å². The van der Waals surface area contributed by atoms with Crippen molar-refractivity contribution in [2.75, 3.05) is 0 Å². The van der Waals surface area contributed by atoms with E-state index < -0.39 is 5.41 Å². The summed E-state index contributed by atoms with van der Waals surface area (Å²) in [5, 5.41) is 10.0. The van der Waals surface area contributed by atoms with E-state index in [9.17, 15) is 14.0 Å². The average Bonchev–Trinajstić information content (AvgIpc) is 2.60. The Morgan fingerprint density at radius 1 is 0.609 bits per heavy atom. The first-order valence-electron chi connectivity index (χ1n) is 7.15. The van der Waals surface area contributed by atoms with E-state index in [1.807, 2.05) is 30.3 Å². The molecule has 3 aromatic rings. The summed E-state index contributed by atoms with van der Waals surface area (Å²) in [5.41, 5.74) is 0.905. The minimum absolute atomic E-state index is 0.368. The van der Waals surface area contributed by atoms with Crippen LogP contribution >= 0.6 is 0 Å². The van der Waals surface area contributed by atoms with Crippen molar-refractivity contribution >= 4 is 0 Å². The molecular formula is C20H13F2N. The molecule has 0 fully saturated rings. The molecule has 0 spiro atoms. The molecule has 112 valence electrons. The zero-order valence-corrected chi connectivity index (χ0v) is 12.2. The van der Waals surface area contributed by atoms with Gasteiger partial charge in [0.1, 0.15) is 17.0 Å². The van der Waals surface area contributed by atoms with Crippen LogP contribution in [0.1, 0.15) is 16.7 Å². The summed E-state index contributed by atoms with van der Waals surface area (Å²) in [5.74, 6) is -0.736. The van der Waals surface area contributed by atoms with Crippen molar-refractivity contribution in [3.05, 3.63) is 107 Å². The standard InChI is InChI=1S/C20H13F2N/c21-18-10-6-16(7-11-18)20(14-23,15-4-2-1-3-5-15)17-8-12-19(22)13-9-17/h1-13H. The topological polar surface area (TPSA) is 23.8 Å². The molecule has 0 aliphatic rings. The van der Waals surface area contributed by atoms with Gasteiger partial charge in [-0.15, -0.1) is 0 Å². The fourth-order valence-electron chi connectivity index (χ4n) is 2.78. The van der Waals surface area contributed by atoms with Crippen LogP contribution in [-0.2, 0) is 5.41 Å². The van der Waals surface area contributed by atoms with E-state index in [0.29, 0.717) is 11.1 Å². The predicted molar refractivity (Wildman–Crippen MR) is 84.7 cm³/mol. The minimum Gasteiger partial charge on any atom is -0.207 e. The second kappa shape index (κ2) is 6.02. The van der Waals surface area contributed by atoms with Gasteiger partial charge in [0, 0.05) is 0 Å². The molecule has 0 radical (unpaired) electrons. The summed E-state index contributed by atoms with van der Waals surface area (Å²) in [4.78, 5) is 0. The molecule has 0 unspecified atom stereocenters. The Kier molecular flexibility index (Phi) is 3.91. The van der Waals surface area contributed by atoms with Crippen LogP contribution in [0.2, 0.25) is 0 Å². The Morgan fingerprint density at radius 2 is 1.00 bits per heavy atom. The van der Waals surface area contributed by atoms with Crippen molar-refractivity contribution in [1.29, 1.82) is 5.26 Å². The van der Waals surface area contributed by atoms with Gasteiger partial charge in [0.2, 0.25) is 0 Å². The number of rotatable bonds is 3. The molecule has 3 rings (SSSR count). The van der Waals surface area contributed by atoms with Crippen molar-refractivity contribution < 1.29 is 8.78 Å². The lowest BCUT2D eigenvalue weighted by Crippen LogP contribution is -2.27. The highest BCUT2D eigenvalue weighted by Gasteiger charge is 2.36. The molecule has 0 heterocycles. The molecule has 23 heavy (non-hydrogen) atoms. The van der Waals surface area contributed by atoms with E-state index in [2.05, 4.69) is 6.07 Å². The van der Waals surface area contributed by atoms with Gasteiger partial charge in [-0.2, -0.15) is 5.26 Å². The van der Waals surface area contributed by atoms with Gasteiger partial charge in [-0.3, -0.25) is 0 Å². The molecule has 0 saturated carbocycles. The number of hydrogen-bond donors (Lipinski definition) is 0. The van der Waals surface area contributed by atoms with Gasteiger partial charge in [0.05, 0.1) is 6.07 Å². The van der Waals surface area contributed by atoms with Gasteiger partial charge < -0.3 is 0 Å². The van der Waals surface area contributed by atoms with Gasteiger partial charge in [-0.25, -0.2) is 8.78 Å². The lowest BCUT2D eigenvalue weighted by Gasteiger charge is -2.28. The zero-order valence-electron chi connectivity index (χ0n) is 12.2. The molecule has 0 aliphatic carbocycles. The van der Waals surface area contributed by atoms with Crippen LogP contribution in [0.15, 0.2) is 78.9 Å². The van der Waals surface area contributed by atoms with Crippen LogP contribution in [0, 0.1) is 23.0 Å². The minimum atomic E-state index is -1.12. The second-order valence-electron chi connectivity index (χ2n) is 5.24. The van der Waals surface area contributed by atoms with Crippen LogP contribution in [0.25, 0.3) is 0 Å². The molecule has 0 saturated heterocycles. The van der Waals surface area contributed by atoms with Crippen LogP contribution in [0.3, 0.4) is 0 Å². The SMILES string of the molecule is N#CC(c1ccccc1)(c1ccc(F)cc1)c1ccc(F)cc1. The summed E-state index contributed by atoms with van der Waals surface area (Å²) >= 11 is 0. The lowest BCUT2D eigenvalue weighted by atomic mass is 9.70. The summed E-state index contributed by atoms with van der Waals surface area (Å²) < 4.78 is 26.6. The summed E-state index contributed by atoms with van der Waals surface area (Å²) in [7, 11) is 0. The lowest BCUT2D eigenvalue weighted by molar-refractivity contribution is 0.623. The number of halogens is 2. The van der Waals surface area contributed by atoms with Crippen LogP contribution < -0.4 is 0 Å². The highest BCUT2D eigenvalue weighted by atomic mass is 19.1. The molecule has 0 bridgehead atoms. The Balaban J connectivity index is 2.30. The zero-order chi connectivity index (χ0) is 16.3. The highest BCUT2D eigenvalue weighted by Crippen LogP contribution is 2.38. The van der Waals surface area contributed by atoms with E-state index in [-0.39, 0.29) is 11.6 Å². The average molecular weight is 305 g/mol. The van der Waals surface area contributed by atoms with Gasteiger partial charge in [0.25, 0.3) is 0 Å². The third kappa shape index (κ3) is 2.60. The molecule has 0 aliphatic heterocycles. The van der Waals surface area contributed by atoms with Crippen LogP contribution in [0.4, 0.5) is 8.78 Å². The van der Waals surface area contributed by atoms with Crippen molar-refractivity contribution in [1.82, 2.24) is 0 Å². The summed E-state index contributed by atoms with van der Waals surface area (Å²) in [6, 6.07) is 23.3. The van der Waals surface area contributed by atoms with Crippen molar-refractivity contribution in [2.45, 2.75) is 5.41 Å². The van der Waals surface area contributed by atoms with E-state index >= 15 is 0 Å². The monoisotopic (exact) mass is 305 g/mol. The fourth-order valence-corrected chi connectivity index (χ4v) is 2.78. The van der Waals surface area contributed by atoms with E-state index in [4.69, 9.17) is 0 Å². The maximum atomic E-state index is 13.3. The summed E-state index contributed by atoms with van der Waals surface area (Å²) in [6.07, 6.45) is 0. The van der Waals surface area contributed by atoms with Crippen molar-refractivity contribution in [3.8, 4) is 6.07 Å². The van der Waals surface area contributed by atoms with Crippen molar-refractivity contribution in [2.24, 2.45) is 0 Å². The molecule has 1 nitrogen and oxygen atoms in total. The number of nitriles is 1. The molecule has 0 atom stereocenters. The highest BCUT2D eigenvalue weighted by molar-refractivity contribution is 5.56. The predicted octanol–water partition coefficient (Wildman–Crippen LogP) is 4.82. The summed E-state index contributed by atoms with van der Waals surface area (Å²) in [6.45, 7) is 0. The second-order valence-corrected chi connectivity index (χ2v) is 5.24. The van der Waals surface area contributed by atoms with Crippen LogP contribution in [0.5, 0.6) is 0 Å². The smallest absolute Gasteiger partial charge is 0.132 e.